The zero-order valence-corrected chi connectivity index (χ0v) is 3.56. The van der Waals surface area contributed by atoms with Crippen molar-refractivity contribution in [3.8, 4) is 0 Å². The van der Waals surface area contributed by atoms with Crippen molar-refractivity contribution in [2.24, 2.45) is 0 Å². The summed E-state index contributed by atoms with van der Waals surface area (Å²) < 4.78 is 4.66. The maximum atomic E-state index is 4.66. The first kappa shape index (κ1) is 3.40. The molecular weight excluding hydrogens is 78.1 g/mol. The van der Waals surface area contributed by atoms with Gasteiger partial charge in [0.15, 0.2) is 6.26 Å². The lowest BCUT2D eigenvalue weighted by Gasteiger charge is -1.53. The molecule has 0 saturated heterocycles. The summed E-state index contributed by atoms with van der Waals surface area (Å²) in [6.45, 7) is 1.93. The van der Waals surface area contributed by atoms with Gasteiger partial charge in [-0.3, -0.25) is 0 Å². The van der Waals surface area contributed by atoms with Crippen LogP contribution in [0.5, 0.6) is 0 Å². The number of nitrogens with one attached hydrogen (secondary N) is 1. The first-order chi connectivity index (χ1) is 2.89. The minimum Gasteiger partial charge on any atom is -0.412 e. The lowest BCUT2D eigenvalue weighted by molar-refractivity contribution is -0.392. The number of aryl methyl sites for hydroxylation is 1. The molecule has 0 aliphatic rings. The molecule has 1 aromatic heterocycles. The Morgan fingerprint density at radius 2 is 2.67 bits per heavy atom. The fourth-order valence-electron chi connectivity index (χ4n) is 0.297. The van der Waals surface area contributed by atoms with Crippen LogP contribution in [0.2, 0.25) is 0 Å². The first-order valence-corrected chi connectivity index (χ1v) is 1.80. The molecule has 1 aromatic rings. The molecule has 0 atom stereocenters. The van der Waals surface area contributed by atoms with E-state index in [1.54, 1.807) is 6.26 Å². The molecule has 0 bridgehead atoms. The molecule has 0 aromatic carbocycles. The van der Waals surface area contributed by atoms with E-state index in [4.69, 9.17) is 0 Å². The van der Waals surface area contributed by atoms with E-state index in [0.717, 1.165) is 5.69 Å². The molecule has 2 nitrogen and oxygen atoms in total. The molecule has 1 heterocycles. The Morgan fingerprint density at radius 3 is 2.83 bits per heavy atom. The van der Waals surface area contributed by atoms with Gasteiger partial charge in [-0.25, -0.2) is 0 Å². The van der Waals surface area contributed by atoms with E-state index >= 15 is 0 Å². The van der Waals surface area contributed by atoms with Crippen LogP contribution < -0.4 is 4.98 Å². The summed E-state index contributed by atoms with van der Waals surface area (Å²) in [5.41, 5.74) is 1.05. The number of aromatic nitrogens is 1. The highest BCUT2D eigenvalue weighted by Crippen LogP contribution is 1.79. The second-order valence-corrected chi connectivity index (χ2v) is 1.20. The van der Waals surface area contributed by atoms with Crippen LogP contribution in [0.3, 0.4) is 0 Å². The van der Waals surface area contributed by atoms with Crippen LogP contribution in [0.15, 0.2) is 17.1 Å². The molecule has 0 saturated carbocycles. The summed E-state index contributed by atoms with van der Waals surface area (Å²) >= 11 is 0. The zero-order chi connectivity index (χ0) is 4.41. The standard InChI is InChI=1S/C4H5NO/c1-4-2-6-3-5-4/h2-3H,1H3/p+1. The minimum absolute atomic E-state index is 1.05. The molecule has 0 spiro atoms. The molecule has 0 aliphatic carbocycles. The van der Waals surface area contributed by atoms with Crippen molar-refractivity contribution in [2.45, 2.75) is 6.92 Å². The van der Waals surface area contributed by atoms with Gasteiger partial charge in [0.2, 0.25) is 5.69 Å². The Bertz CT molecular complexity index is 111. The lowest BCUT2D eigenvalue weighted by atomic mass is 10.6. The van der Waals surface area contributed by atoms with Gasteiger partial charge < -0.3 is 4.42 Å². The first-order valence-electron chi connectivity index (χ1n) is 1.80. The van der Waals surface area contributed by atoms with Crippen LogP contribution in [-0.4, -0.2) is 0 Å². The van der Waals surface area contributed by atoms with E-state index < -0.39 is 0 Å². The van der Waals surface area contributed by atoms with E-state index in [9.17, 15) is 0 Å². The predicted molar refractivity (Wildman–Crippen MR) is 20.0 cm³/mol. The van der Waals surface area contributed by atoms with Gasteiger partial charge in [0.25, 0.3) is 0 Å². The average molecular weight is 84.1 g/mol. The Hall–Kier alpha value is -0.790. The molecule has 1 rings (SSSR count). The monoisotopic (exact) mass is 84.0 g/mol. The predicted octanol–water partition coefficient (Wildman–Crippen LogP) is 0.402. The number of oxazole rings is 1. The molecule has 32 valence electrons. The van der Waals surface area contributed by atoms with Gasteiger partial charge in [-0.2, -0.15) is 4.98 Å². The highest BCUT2D eigenvalue weighted by Gasteiger charge is 1.86. The fourth-order valence-corrected chi connectivity index (χ4v) is 0.297. The lowest BCUT2D eigenvalue weighted by Crippen LogP contribution is -1.96. The highest BCUT2D eigenvalue weighted by molar-refractivity contribution is 4.72. The molecule has 0 radical (unpaired) electrons. The van der Waals surface area contributed by atoms with E-state index in [1.807, 2.05) is 6.92 Å². The Kier molecular flexibility index (Phi) is 0.638. The van der Waals surface area contributed by atoms with Crippen LogP contribution in [0.1, 0.15) is 5.69 Å². The number of aromatic amines is 1. The molecule has 0 aliphatic heterocycles. The summed E-state index contributed by atoms with van der Waals surface area (Å²) in [6.07, 6.45) is 3.19. The quantitative estimate of drug-likeness (QED) is 0.447. The molecule has 6 heavy (non-hydrogen) atoms. The Balaban J connectivity index is 3.05. The third kappa shape index (κ3) is 0.407. The fraction of sp³-hybridized carbons (Fsp3) is 0.250. The molecule has 0 amide bonds. The van der Waals surface area contributed by atoms with E-state index in [-0.39, 0.29) is 0 Å². The summed E-state index contributed by atoms with van der Waals surface area (Å²) in [5.74, 6) is 0. The van der Waals surface area contributed by atoms with Gasteiger partial charge in [0, 0.05) is 6.92 Å². The van der Waals surface area contributed by atoms with Crippen LogP contribution in [0, 0.1) is 6.92 Å². The molecule has 2 heteroatoms. The third-order valence-corrected chi connectivity index (χ3v) is 0.599. The number of hydrogen-bond donors (Lipinski definition) is 0. The van der Waals surface area contributed by atoms with Crippen LogP contribution in [0.4, 0.5) is 0 Å². The highest BCUT2D eigenvalue weighted by atomic mass is 16.3. The maximum Gasteiger partial charge on any atom is 0.332 e. The molecule has 0 fully saturated rings. The summed E-state index contributed by atoms with van der Waals surface area (Å²) in [5, 5.41) is 0. The summed E-state index contributed by atoms with van der Waals surface area (Å²) in [7, 11) is 0. The van der Waals surface area contributed by atoms with Gasteiger partial charge in [-0.15, -0.1) is 0 Å². The zero-order valence-electron chi connectivity index (χ0n) is 3.56. The van der Waals surface area contributed by atoms with Gasteiger partial charge in [0.05, 0.1) is 0 Å². The van der Waals surface area contributed by atoms with E-state index in [0.29, 0.717) is 0 Å². The summed E-state index contributed by atoms with van der Waals surface area (Å²) in [6, 6.07) is 0. The second-order valence-electron chi connectivity index (χ2n) is 1.20. The number of hydrogen-bond acceptors (Lipinski definition) is 1. The second kappa shape index (κ2) is 1.12. The van der Waals surface area contributed by atoms with Crippen molar-refractivity contribution in [1.29, 1.82) is 0 Å². The van der Waals surface area contributed by atoms with Gasteiger partial charge in [-0.05, 0) is 0 Å². The van der Waals surface area contributed by atoms with Crippen molar-refractivity contribution in [3.63, 3.8) is 0 Å². The van der Waals surface area contributed by atoms with Gasteiger partial charge >= 0.3 is 6.39 Å². The van der Waals surface area contributed by atoms with Crippen LogP contribution in [0.25, 0.3) is 0 Å². The summed E-state index contributed by atoms with van der Waals surface area (Å²) in [4.78, 5) is 2.83. The SMILES string of the molecule is Cc1coc[nH+]1. The smallest absolute Gasteiger partial charge is 0.332 e. The van der Waals surface area contributed by atoms with Crippen molar-refractivity contribution in [2.75, 3.05) is 0 Å². The van der Waals surface area contributed by atoms with Crippen molar-refractivity contribution < 1.29 is 9.40 Å². The largest absolute Gasteiger partial charge is 0.412 e. The van der Waals surface area contributed by atoms with Crippen molar-refractivity contribution in [1.82, 2.24) is 0 Å². The molecule has 0 unspecified atom stereocenters. The molecule has 1 N–H and O–H groups in total. The van der Waals surface area contributed by atoms with Crippen LogP contribution >= 0.6 is 0 Å². The van der Waals surface area contributed by atoms with Gasteiger partial charge in [0.1, 0.15) is 0 Å². The maximum absolute atomic E-state index is 4.66. The third-order valence-electron chi connectivity index (χ3n) is 0.599. The number of rotatable bonds is 0. The van der Waals surface area contributed by atoms with Gasteiger partial charge in [-0.1, -0.05) is 0 Å². The number of H-pyrrole nitrogens is 1. The normalized spacial score (nSPS) is 8.83. The van der Waals surface area contributed by atoms with Crippen molar-refractivity contribution in [3.05, 3.63) is 18.4 Å². The minimum atomic E-state index is 1.05. The van der Waals surface area contributed by atoms with Crippen LogP contribution in [-0.2, 0) is 0 Å². The Morgan fingerprint density at radius 1 is 1.83 bits per heavy atom. The average Bonchev–Trinajstić information content (AvgIpc) is 1.86. The van der Waals surface area contributed by atoms with E-state index in [2.05, 4.69) is 9.40 Å². The topological polar surface area (TPSA) is 27.3 Å². The van der Waals surface area contributed by atoms with Crippen molar-refractivity contribution >= 4 is 0 Å². The Labute approximate surface area is 35.8 Å². The van der Waals surface area contributed by atoms with E-state index in [1.165, 1.54) is 6.39 Å². The molecular formula is C4H6NO+.